The highest BCUT2D eigenvalue weighted by Gasteiger charge is 2.20. The summed E-state index contributed by atoms with van der Waals surface area (Å²) in [5.41, 5.74) is 0.894. The molecule has 0 bridgehead atoms. The molecule has 2 heteroatoms. The van der Waals surface area contributed by atoms with Crippen LogP contribution in [0.2, 0.25) is 0 Å². The summed E-state index contributed by atoms with van der Waals surface area (Å²) in [7, 11) is 0. The van der Waals surface area contributed by atoms with Gasteiger partial charge in [-0.05, 0) is 45.1 Å². The lowest BCUT2D eigenvalue weighted by molar-refractivity contribution is -0.117. The number of hydrogen-bond acceptors (Lipinski definition) is 2. The first-order valence-corrected chi connectivity index (χ1v) is 8.88. The van der Waals surface area contributed by atoms with E-state index in [9.17, 15) is 9.59 Å². The highest BCUT2D eigenvalue weighted by Crippen LogP contribution is 2.25. The van der Waals surface area contributed by atoms with Crippen molar-refractivity contribution < 1.29 is 9.59 Å². The Morgan fingerprint density at radius 3 is 2.65 bits per heavy atom. The predicted octanol–water partition coefficient (Wildman–Crippen LogP) is 5.51. The molecule has 2 nitrogen and oxygen atoms in total. The molecule has 0 aromatic carbocycles. The third-order valence-corrected chi connectivity index (χ3v) is 4.01. The van der Waals surface area contributed by atoms with Gasteiger partial charge in [-0.1, -0.05) is 56.2 Å². The predicted molar refractivity (Wildman–Crippen MR) is 97.3 cm³/mol. The average Bonchev–Trinajstić information content (AvgIpc) is 2.86. The van der Waals surface area contributed by atoms with Crippen molar-refractivity contribution in [2.75, 3.05) is 0 Å². The summed E-state index contributed by atoms with van der Waals surface area (Å²) in [6.45, 7) is 3.83. The summed E-state index contributed by atoms with van der Waals surface area (Å²) in [5, 5.41) is 0. The minimum atomic E-state index is 0.137. The number of ketones is 2. The Labute approximate surface area is 141 Å². The van der Waals surface area contributed by atoms with Crippen molar-refractivity contribution in [2.45, 2.75) is 65.2 Å². The smallest absolute Gasteiger partial charge is 0.182 e. The zero-order valence-corrected chi connectivity index (χ0v) is 14.6. The van der Waals surface area contributed by atoms with Gasteiger partial charge in [0.25, 0.3) is 0 Å². The number of Topliss-reactive ketones (excluding diaryl/α,β-unsaturated/α-hetero) is 1. The van der Waals surface area contributed by atoms with Gasteiger partial charge in [-0.25, -0.2) is 0 Å². The first kappa shape index (κ1) is 19.3. The Kier molecular flexibility index (Phi) is 9.94. The molecule has 1 aliphatic carbocycles. The van der Waals surface area contributed by atoms with Gasteiger partial charge in [-0.15, -0.1) is 0 Å². The average molecular weight is 314 g/mol. The fraction of sp³-hybridized carbons (Fsp3) is 0.524. The first-order chi connectivity index (χ1) is 11.1. The van der Waals surface area contributed by atoms with Crippen LogP contribution < -0.4 is 0 Å². The van der Waals surface area contributed by atoms with Crippen molar-refractivity contribution >= 4 is 11.6 Å². The standard InChI is InChI=1S/C21H30O2/c1-3-4-5-6-7-12-15-20-19(16-17-21(20)23)14-11-9-8-10-13-18(2)22/h7,9,11-12,15-17,19H,3-6,8,10,13-14H2,1-2H3/b11-9+,12-7+,20-15+. The number of hydrogen-bond donors (Lipinski definition) is 0. The molecule has 23 heavy (non-hydrogen) atoms. The molecule has 0 amide bonds. The van der Waals surface area contributed by atoms with Crippen LogP contribution in [0.1, 0.15) is 65.2 Å². The molecule has 126 valence electrons. The third-order valence-electron chi connectivity index (χ3n) is 4.01. The van der Waals surface area contributed by atoms with Crippen LogP contribution in [0, 0.1) is 5.92 Å². The molecule has 0 aliphatic heterocycles. The number of carbonyl (C=O) groups excluding carboxylic acids is 2. The van der Waals surface area contributed by atoms with Crippen molar-refractivity contribution in [1.29, 1.82) is 0 Å². The second kappa shape index (κ2) is 11.8. The van der Waals surface area contributed by atoms with Crippen LogP contribution in [0.25, 0.3) is 0 Å². The van der Waals surface area contributed by atoms with Crippen molar-refractivity contribution in [3.63, 3.8) is 0 Å². The van der Waals surface area contributed by atoms with Crippen LogP contribution in [-0.4, -0.2) is 11.6 Å². The van der Waals surface area contributed by atoms with Crippen LogP contribution in [0.4, 0.5) is 0 Å². The molecule has 1 atom stereocenters. The van der Waals surface area contributed by atoms with E-state index in [1.807, 2.05) is 18.2 Å². The van der Waals surface area contributed by atoms with Crippen LogP contribution in [0.15, 0.2) is 48.1 Å². The summed E-state index contributed by atoms with van der Waals surface area (Å²) in [6.07, 6.45) is 22.2. The molecule has 0 spiro atoms. The van der Waals surface area contributed by atoms with Gasteiger partial charge in [0.15, 0.2) is 5.78 Å². The number of allylic oxidation sites excluding steroid dienone is 8. The second-order valence-corrected chi connectivity index (χ2v) is 6.18. The highest BCUT2D eigenvalue weighted by atomic mass is 16.1. The molecule has 0 N–H and O–H groups in total. The van der Waals surface area contributed by atoms with E-state index in [0.29, 0.717) is 6.42 Å². The van der Waals surface area contributed by atoms with E-state index >= 15 is 0 Å². The van der Waals surface area contributed by atoms with Gasteiger partial charge >= 0.3 is 0 Å². The Morgan fingerprint density at radius 2 is 1.91 bits per heavy atom. The summed E-state index contributed by atoms with van der Waals surface area (Å²) < 4.78 is 0. The Hall–Kier alpha value is -1.70. The van der Waals surface area contributed by atoms with Gasteiger partial charge in [-0.2, -0.15) is 0 Å². The van der Waals surface area contributed by atoms with E-state index in [4.69, 9.17) is 0 Å². The minimum Gasteiger partial charge on any atom is -0.300 e. The van der Waals surface area contributed by atoms with Crippen LogP contribution in [0.5, 0.6) is 0 Å². The lowest BCUT2D eigenvalue weighted by Gasteiger charge is -2.06. The molecule has 0 radical (unpaired) electrons. The summed E-state index contributed by atoms with van der Waals surface area (Å²) in [4.78, 5) is 22.8. The fourth-order valence-electron chi connectivity index (χ4n) is 2.61. The number of rotatable bonds is 11. The molecule has 0 aromatic rings. The number of carbonyl (C=O) groups is 2. The molecule has 1 aliphatic rings. The minimum absolute atomic E-state index is 0.137. The maximum atomic E-state index is 11.9. The normalized spacial score (nSPS) is 19.7. The Balaban J connectivity index is 2.38. The topological polar surface area (TPSA) is 34.1 Å². The lowest BCUT2D eigenvalue weighted by Crippen LogP contribution is -2.01. The van der Waals surface area contributed by atoms with E-state index < -0.39 is 0 Å². The van der Waals surface area contributed by atoms with E-state index in [2.05, 4.69) is 25.2 Å². The third kappa shape index (κ3) is 8.49. The van der Waals surface area contributed by atoms with E-state index in [0.717, 1.165) is 31.3 Å². The van der Waals surface area contributed by atoms with Crippen molar-refractivity contribution in [2.24, 2.45) is 5.92 Å². The van der Waals surface area contributed by atoms with Crippen molar-refractivity contribution in [3.05, 3.63) is 48.1 Å². The summed E-state index contributed by atoms with van der Waals surface area (Å²) >= 11 is 0. The number of unbranched alkanes of at least 4 members (excludes halogenated alkanes) is 4. The second-order valence-electron chi connectivity index (χ2n) is 6.18. The molecule has 0 saturated heterocycles. The van der Waals surface area contributed by atoms with Gasteiger partial charge < -0.3 is 4.79 Å². The van der Waals surface area contributed by atoms with E-state index in [1.165, 1.54) is 19.3 Å². The maximum Gasteiger partial charge on any atom is 0.182 e. The summed E-state index contributed by atoms with van der Waals surface area (Å²) in [5.74, 6) is 0.587. The fourth-order valence-corrected chi connectivity index (χ4v) is 2.61. The molecular weight excluding hydrogens is 284 g/mol. The Morgan fingerprint density at radius 1 is 1.13 bits per heavy atom. The van der Waals surface area contributed by atoms with Crippen LogP contribution >= 0.6 is 0 Å². The van der Waals surface area contributed by atoms with Crippen molar-refractivity contribution in [3.8, 4) is 0 Å². The summed E-state index contributed by atoms with van der Waals surface area (Å²) in [6, 6.07) is 0. The van der Waals surface area contributed by atoms with Gasteiger partial charge in [0, 0.05) is 17.9 Å². The maximum absolute atomic E-state index is 11.9. The monoisotopic (exact) mass is 314 g/mol. The van der Waals surface area contributed by atoms with E-state index in [-0.39, 0.29) is 17.5 Å². The molecule has 0 saturated carbocycles. The van der Waals surface area contributed by atoms with Crippen molar-refractivity contribution in [1.82, 2.24) is 0 Å². The van der Waals surface area contributed by atoms with Gasteiger partial charge in [-0.3, -0.25) is 4.79 Å². The SMILES string of the molecule is CCCCC/C=C/C=C1/C(=O)C=CC1C/C=C/CCCC(C)=O. The molecule has 1 unspecified atom stereocenters. The Bertz CT molecular complexity index is 492. The van der Waals surface area contributed by atoms with E-state index in [1.54, 1.807) is 13.0 Å². The molecular formula is C21H30O2. The largest absolute Gasteiger partial charge is 0.300 e. The highest BCUT2D eigenvalue weighted by molar-refractivity contribution is 6.07. The van der Waals surface area contributed by atoms with Crippen LogP contribution in [0.3, 0.4) is 0 Å². The van der Waals surface area contributed by atoms with Gasteiger partial charge in [0.05, 0.1) is 0 Å². The first-order valence-electron chi connectivity index (χ1n) is 8.88. The zero-order chi connectivity index (χ0) is 16.9. The van der Waals surface area contributed by atoms with Gasteiger partial charge in [0.1, 0.15) is 5.78 Å². The zero-order valence-electron chi connectivity index (χ0n) is 14.6. The molecule has 0 aromatic heterocycles. The van der Waals surface area contributed by atoms with Gasteiger partial charge in [0.2, 0.25) is 0 Å². The van der Waals surface area contributed by atoms with Crippen LogP contribution in [-0.2, 0) is 9.59 Å². The quantitative estimate of drug-likeness (QED) is 0.286. The molecule has 1 rings (SSSR count). The lowest BCUT2D eigenvalue weighted by atomic mass is 9.97. The molecule has 0 fully saturated rings. The molecule has 0 heterocycles.